The van der Waals surface area contributed by atoms with Crippen molar-refractivity contribution in [3.63, 3.8) is 0 Å². The van der Waals surface area contributed by atoms with Gasteiger partial charge in [-0.05, 0) is 31.2 Å². The molecule has 1 N–H and O–H groups in total. The van der Waals surface area contributed by atoms with Gasteiger partial charge in [0.1, 0.15) is 5.75 Å². The third-order valence-corrected chi connectivity index (χ3v) is 3.13. The Kier molecular flexibility index (Phi) is 4.95. The maximum absolute atomic E-state index is 11.8. The lowest BCUT2D eigenvalue weighted by molar-refractivity contribution is -0.118. The first-order chi connectivity index (χ1) is 10.1. The highest BCUT2D eigenvalue weighted by molar-refractivity contribution is 6.33. The number of ether oxygens (including phenoxy) is 1. The molecule has 0 aliphatic carbocycles. The van der Waals surface area contributed by atoms with Gasteiger partial charge in [0.05, 0.1) is 16.3 Å². The van der Waals surface area contributed by atoms with E-state index in [1.807, 2.05) is 13.0 Å². The zero-order chi connectivity index (χ0) is 15.2. The van der Waals surface area contributed by atoms with E-state index in [0.717, 1.165) is 5.56 Å². The van der Waals surface area contributed by atoms with Gasteiger partial charge in [0.2, 0.25) is 0 Å². The maximum atomic E-state index is 11.8. The predicted molar refractivity (Wildman–Crippen MR) is 82.1 cm³/mol. The molecule has 0 aromatic heterocycles. The minimum absolute atomic E-state index is 0.199. The number of amides is 1. The minimum Gasteiger partial charge on any atom is -0.483 e. The number of rotatable bonds is 5. The molecule has 4 nitrogen and oxygen atoms in total. The third kappa shape index (κ3) is 4.07. The van der Waals surface area contributed by atoms with E-state index >= 15 is 0 Å². The molecule has 0 aliphatic heterocycles. The van der Waals surface area contributed by atoms with Crippen LogP contribution in [0.5, 0.6) is 5.75 Å². The summed E-state index contributed by atoms with van der Waals surface area (Å²) in [4.78, 5) is 22.8. The number of halogens is 1. The van der Waals surface area contributed by atoms with Crippen molar-refractivity contribution in [2.75, 3.05) is 11.9 Å². The summed E-state index contributed by atoms with van der Waals surface area (Å²) in [7, 11) is 0. The summed E-state index contributed by atoms with van der Waals surface area (Å²) in [6, 6.07) is 12.1. The summed E-state index contributed by atoms with van der Waals surface area (Å²) >= 11 is 5.95. The van der Waals surface area contributed by atoms with Crippen LogP contribution in [0.25, 0.3) is 0 Å². The molecule has 0 radical (unpaired) electrons. The SMILES string of the molecule is Cc1ccc(OCC(=O)Nc2ccccc2Cl)c(C=O)c1. The van der Waals surface area contributed by atoms with E-state index in [4.69, 9.17) is 16.3 Å². The number of aryl methyl sites for hydroxylation is 1. The molecule has 21 heavy (non-hydrogen) atoms. The van der Waals surface area contributed by atoms with Crippen molar-refractivity contribution in [2.45, 2.75) is 6.92 Å². The lowest BCUT2D eigenvalue weighted by Crippen LogP contribution is -2.20. The van der Waals surface area contributed by atoms with E-state index in [-0.39, 0.29) is 12.5 Å². The van der Waals surface area contributed by atoms with E-state index in [0.29, 0.717) is 28.3 Å². The summed E-state index contributed by atoms with van der Waals surface area (Å²) < 4.78 is 5.37. The van der Waals surface area contributed by atoms with Crippen LogP contribution in [0.3, 0.4) is 0 Å². The van der Waals surface area contributed by atoms with Crippen molar-refractivity contribution in [1.29, 1.82) is 0 Å². The predicted octanol–water partition coefficient (Wildman–Crippen LogP) is 3.48. The van der Waals surface area contributed by atoms with Crippen LogP contribution in [0.1, 0.15) is 15.9 Å². The van der Waals surface area contributed by atoms with Gasteiger partial charge in [0, 0.05) is 0 Å². The Bertz CT molecular complexity index is 670. The van der Waals surface area contributed by atoms with Crippen LogP contribution >= 0.6 is 11.6 Å². The molecule has 0 saturated carbocycles. The first kappa shape index (κ1) is 15.1. The van der Waals surface area contributed by atoms with Gasteiger partial charge in [-0.3, -0.25) is 9.59 Å². The molecule has 5 heteroatoms. The van der Waals surface area contributed by atoms with Gasteiger partial charge in [-0.1, -0.05) is 35.4 Å². The lowest BCUT2D eigenvalue weighted by atomic mass is 10.1. The Balaban J connectivity index is 1.99. The van der Waals surface area contributed by atoms with Gasteiger partial charge in [-0.15, -0.1) is 0 Å². The fourth-order valence-corrected chi connectivity index (χ4v) is 1.97. The third-order valence-electron chi connectivity index (χ3n) is 2.80. The largest absolute Gasteiger partial charge is 0.483 e. The number of nitrogens with one attached hydrogen (secondary N) is 1. The topological polar surface area (TPSA) is 55.4 Å². The first-order valence-electron chi connectivity index (χ1n) is 6.33. The smallest absolute Gasteiger partial charge is 0.262 e. The van der Waals surface area contributed by atoms with Crippen molar-refractivity contribution in [3.8, 4) is 5.75 Å². The molecule has 2 rings (SSSR count). The highest BCUT2D eigenvalue weighted by Crippen LogP contribution is 2.21. The normalized spacial score (nSPS) is 10.0. The zero-order valence-corrected chi connectivity index (χ0v) is 12.2. The number of anilines is 1. The van der Waals surface area contributed by atoms with Crippen molar-refractivity contribution in [3.05, 3.63) is 58.6 Å². The van der Waals surface area contributed by atoms with Gasteiger partial charge in [0.25, 0.3) is 5.91 Å². The van der Waals surface area contributed by atoms with E-state index in [1.165, 1.54) is 0 Å². The maximum Gasteiger partial charge on any atom is 0.262 e. The van der Waals surface area contributed by atoms with E-state index in [2.05, 4.69) is 5.32 Å². The number of benzene rings is 2. The van der Waals surface area contributed by atoms with Gasteiger partial charge >= 0.3 is 0 Å². The highest BCUT2D eigenvalue weighted by atomic mass is 35.5. The van der Waals surface area contributed by atoms with Gasteiger partial charge in [-0.25, -0.2) is 0 Å². The van der Waals surface area contributed by atoms with Crippen molar-refractivity contribution >= 4 is 29.5 Å². The Labute approximate surface area is 127 Å². The summed E-state index contributed by atoms with van der Waals surface area (Å²) in [5, 5.41) is 3.10. The molecule has 1 amide bonds. The number of para-hydroxylation sites is 1. The molecule has 0 bridgehead atoms. The quantitative estimate of drug-likeness (QED) is 0.860. The fraction of sp³-hybridized carbons (Fsp3) is 0.125. The van der Waals surface area contributed by atoms with Crippen LogP contribution in [-0.4, -0.2) is 18.8 Å². The second kappa shape index (κ2) is 6.90. The molecular formula is C16H14ClNO3. The molecular weight excluding hydrogens is 290 g/mol. The summed E-state index contributed by atoms with van der Waals surface area (Å²) in [5.74, 6) is 0.0328. The van der Waals surface area contributed by atoms with Crippen LogP contribution in [-0.2, 0) is 4.79 Å². The number of hydrogen-bond acceptors (Lipinski definition) is 3. The van der Waals surface area contributed by atoms with E-state index < -0.39 is 0 Å². The summed E-state index contributed by atoms with van der Waals surface area (Å²) in [5.41, 5.74) is 1.89. The first-order valence-corrected chi connectivity index (χ1v) is 6.71. The molecule has 108 valence electrons. The highest BCUT2D eigenvalue weighted by Gasteiger charge is 2.08. The second-order valence-electron chi connectivity index (χ2n) is 4.48. The van der Waals surface area contributed by atoms with Gasteiger partial charge in [0.15, 0.2) is 12.9 Å². The van der Waals surface area contributed by atoms with Crippen molar-refractivity contribution in [2.24, 2.45) is 0 Å². The molecule has 0 spiro atoms. The molecule has 0 fully saturated rings. The number of aldehydes is 1. The minimum atomic E-state index is -0.347. The fourth-order valence-electron chi connectivity index (χ4n) is 1.78. The summed E-state index contributed by atoms with van der Waals surface area (Å²) in [6.45, 7) is 1.68. The van der Waals surface area contributed by atoms with Crippen LogP contribution in [0.2, 0.25) is 5.02 Å². The number of carbonyl (C=O) groups is 2. The lowest BCUT2D eigenvalue weighted by Gasteiger charge is -2.10. The average Bonchev–Trinajstić information content (AvgIpc) is 2.48. The van der Waals surface area contributed by atoms with Crippen LogP contribution < -0.4 is 10.1 Å². The molecule has 2 aromatic rings. The average molecular weight is 304 g/mol. The van der Waals surface area contributed by atoms with Crippen LogP contribution in [0, 0.1) is 6.92 Å². The monoisotopic (exact) mass is 303 g/mol. The van der Waals surface area contributed by atoms with Crippen LogP contribution in [0.15, 0.2) is 42.5 Å². The number of hydrogen-bond donors (Lipinski definition) is 1. The molecule has 2 aromatic carbocycles. The van der Waals surface area contributed by atoms with Gasteiger partial charge in [-0.2, -0.15) is 0 Å². The number of carbonyl (C=O) groups excluding carboxylic acids is 2. The second-order valence-corrected chi connectivity index (χ2v) is 4.88. The van der Waals surface area contributed by atoms with Crippen molar-refractivity contribution in [1.82, 2.24) is 0 Å². The van der Waals surface area contributed by atoms with Crippen molar-refractivity contribution < 1.29 is 14.3 Å². The standard InChI is InChI=1S/C16H14ClNO3/c1-11-6-7-15(12(8-11)9-19)21-10-16(20)18-14-5-3-2-4-13(14)17/h2-9H,10H2,1H3,(H,18,20). The summed E-state index contributed by atoms with van der Waals surface area (Å²) in [6.07, 6.45) is 0.703. The molecule has 0 saturated heterocycles. The van der Waals surface area contributed by atoms with Crippen LogP contribution in [0.4, 0.5) is 5.69 Å². The molecule has 0 aliphatic rings. The Morgan fingerprint density at radius 1 is 1.29 bits per heavy atom. The Morgan fingerprint density at radius 3 is 2.76 bits per heavy atom. The van der Waals surface area contributed by atoms with E-state index in [1.54, 1.807) is 36.4 Å². The Hall–Kier alpha value is -2.33. The van der Waals surface area contributed by atoms with E-state index in [9.17, 15) is 9.59 Å². The Morgan fingerprint density at radius 2 is 2.05 bits per heavy atom. The van der Waals surface area contributed by atoms with Gasteiger partial charge < -0.3 is 10.1 Å². The molecule has 0 unspecified atom stereocenters. The molecule has 0 atom stereocenters. The molecule has 0 heterocycles. The zero-order valence-electron chi connectivity index (χ0n) is 11.4.